The van der Waals surface area contributed by atoms with Crippen LogP contribution in [-0.4, -0.2) is 19.7 Å². The number of hydrogen-bond acceptors (Lipinski definition) is 4. The molecule has 0 radical (unpaired) electrons. The molecule has 3 aromatic rings. The van der Waals surface area contributed by atoms with Crippen molar-refractivity contribution in [2.75, 3.05) is 0 Å². The Hall–Kier alpha value is -2.27. The van der Waals surface area contributed by atoms with Gasteiger partial charge in [0.15, 0.2) is 0 Å². The molecule has 21 heavy (non-hydrogen) atoms. The lowest BCUT2D eigenvalue weighted by Crippen LogP contribution is -2.18. The molecule has 0 amide bonds. The maximum absolute atomic E-state index is 6.41. The van der Waals surface area contributed by atoms with Gasteiger partial charge in [-0.25, -0.2) is 9.67 Å². The normalized spacial score (nSPS) is 13.0. The van der Waals surface area contributed by atoms with Gasteiger partial charge in [-0.05, 0) is 31.5 Å². The average molecular weight is 281 g/mol. The number of hydrogen-bond donors (Lipinski definition) is 1. The van der Waals surface area contributed by atoms with Crippen LogP contribution in [0.1, 0.15) is 37.3 Å². The molecule has 2 aromatic heterocycles. The van der Waals surface area contributed by atoms with Gasteiger partial charge in [0.05, 0.1) is 5.52 Å². The first-order valence-electron chi connectivity index (χ1n) is 7.14. The zero-order chi connectivity index (χ0) is 14.8. The molecule has 3 rings (SSSR count). The number of fused-ring (bicyclic) bond motifs is 1. The van der Waals surface area contributed by atoms with Crippen LogP contribution in [0.4, 0.5) is 0 Å². The summed E-state index contributed by atoms with van der Waals surface area (Å²) in [6, 6.07) is 10.2. The van der Waals surface area contributed by atoms with Gasteiger partial charge in [0.2, 0.25) is 0 Å². The Morgan fingerprint density at radius 3 is 2.81 bits per heavy atom. The first-order valence-corrected chi connectivity index (χ1v) is 7.14. The van der Waals surface area contributed by atoms with E-state index in [0.717, 1.165) is 22.3 Å². The van der Waals surface area contributed by atoms with E-state index in [0.29, 0.717) is 6.42 Å². The Morgan fingerprint density at radius 2 is 2.00 bits per heavy atom. The minimum absolute atomic E-state index is 0.125. The molecule has 0 saturated heterocycles. The summed E-state index contributed by atoms with van der Waals surface area (Å²) in [6.07, 6.45) is 4.05. The second-order valence-corrected chi connectivity index (χ2v) is 5.44. The minimum atomic E-state index is -0.125. The molecule has 1 aromatic carbocycles. The monoisotopic (exact) mass is 281 g/mol. The molecule has 1 atom stereocenters. The van der Waals surface area contributed by atoms with E-state index in [1.54, 1.807) is 12.5 Å². The van der Waals surface area contributed by atoms with E-state index in [4.69, 9.17) is 5.73 Å². The third-order valence-electron chi connectivity index (χ3n) is 3.62. The summed E-state index contributed by atoms with van der Waals surface area (Å²) in [6.45, 7) is 4.18. The molecule has 0 bridgehead atoms. The third kappa shape index (κ3) is 2.64. The molecule has 0 aliphatic heterocycles. The summed E-state index contributed by atoms with van der Waals surface area (Å²) >= 11 is 0. The summed E-state index contributed by atoms with van der Waals surface area (Å²) in [4.78, 5) is 8.72. The molecular formula is C16H19N5. The van der Waals surface area contributed by atoms with E-state index < -0.39 is 0 Å². The van der Waals surface area contributed by atoms with Crippen molar-refractivity contribution in [3.05, 3.63) is 54.2 Å². The average Bonchev–Trinajstić information content (AvgIpc) is 2.95. The van der Waals surface area contributed by atoms with Crippen LogP contribution in [0.5, 0.6) is 0 Å². The van der Waals surface area contributed by atoms with Crippen molar-refractivity contribution in [3.8, 4) is 0 Å². The summed E-state index contributed by atoms with van der Waals surface area (Å²) < 4.78 is 1.92. The molecule has 0 fully saturated rings. The van der Waals surface area contributed by atoms with Crippen LogP contribution in [-0.2, 0) is 6.42 Å². The fourth-order valence-electron chi connectivity index (χ4n) is 2.61. The molecule has 5 nitrogen and oxygen atoms in total. The SMILES string of the molecule is CC(C)n1ncnc1CC(N)c1cccc2ncccc12. The van der Waals surface area contributed by atoms with Gasteiger partial charge in [-0.3, -0.25) is 4.98 Å². The maximum Gasteiger partial charge on any atom is 0.138 e. The van der Waals surface area contributed by atoms with Gasteiger partial charge in [0.1, 0.15) is 12.2 Å². The highest BCUT2D eigenvalue weighted by Gasteiger charge is 2.15. The largest absolute Gasteiger partial charge is 0.324 e. The van der Waals surface area contributed by atoms with Gasteiger partial charge in [-0.2, -0.15) is 5.10 Å². The van der Waals surface area contributed by atoms with E-state index in [1.165, 1.54) is 0 Å². The second kappa shape index (κ2) is 5.61. The number of nitrogens with two attached hydrogens (primary N) is 1. The molecule has 2 N–H and O–H groups in total. The maximum atomic E-state index is 6.41. The fraction of sp³-hybridized carbons (Fsp3) is 0.312. The number of rotatable bonds is 4. The van der Waals surface area contributed by atoms with Crippen LogP contribution >= 0.6 is 0 Å². The summed E-state index contributed by atoms with van der Waals surface area (Å²) in [7, 11) is 0. The molecule has 2 heterocycles. The molecule has 0 spiro atoms. The molecular weight excluding hydrogens is 262 g/mol. The highest BCUT2D eigenvalue weighted by atomic mass is 15.3. The van der Waals surface area contributed by atoms with E-state index in [-0.39, 0.29) is 12.1 Å². The van der Waals surface area contributed by atoms with Gasteiger partial charge < -0.3 is 5.73 Å². The van der Waals surface area contributed by atoms with Crippen molar-refractivity contribution < 1.29 is 0 Å². The van der Waals surface area contributed by atoms with Gasteiger partial charge in [0.25, 0.3) is 0 Å². The Kier molecular flexibility index (Phi) is 3.66. The Balaban J connectivity index is 1.94. The predicted molar refractivity (Wildman–Crippen MR) is 82.8 cm³/mol. The fourth-order valence-corrected chi connectivity index (χ4v) is 2.61. The summed E-state index contributed by atoms with van der Waals surface area (Å²) in [5.74, 6) is 0.915. The number of nitrogens with zero attached hydrogens (tertiary/aromatic N) is 4. The second-order valence-electron chi connectivity index (χ2n) is 5.44. The van der Waals surface area contributed by atoms with Gasteiger partial charge in [-0.15, -0.1) is 0 Å². The highest BCUT2D eigenvalue weighted by Crippen LogP contribution is 2.24. The third-order valence-corrected chi connectivity index (χ3v) is 3.62. The lowest BCUT2D eigenvalue weighted by Gasteiger charge is -2.16. The zero-order valence-corrected chi connectivity index (χ0v) is 12.3. The molecule has 1 unspecified atom stereocenters. The van der Waals surface area contributed by atoms with Crippen LogP contribution in [0.2, 0.25) is 0 Å². The number of benzene rings is 1. The Labute approximate surface area is 123 Å². The van der Waals surface area contributed by atoms with E-state index in [9.17, 15) is 0 Å². The van der Waals surface area contributed by atoms with Gasteiger partial charge in [0, 0.05) is 30.1 Å². The minimum Gasteiger partial charge on any atom is -0.324 e. The van der Waals surface area contributed by atoms with E-state index in [2.05, 4.69) is 41.0 Å². The van der Waals surface area contributed by atoms with Crippen LogP contribution in [0.25, 0.3) is 10.9 Å². The number of aromatic nitrogens is 4. The van der Waals surface area contributed by atoms with E-state index >= 15 is 0 Å². The lowest BCUT2D eigenvalue weighted by atomic mass is 9.99. The predicted octanol–water partition coefficient (Wildman–Crippen LogP) is 2.65. The molecule has 108 valence electrons. The lowest BCUT2D eigenvalue weighted by molar-refractivity contribution is 0.493. The van der Waals surface area contributed by atoms with Crippen molar-refractivity contribution in [1.82, 2.24) is 19.7 Å². The van der Waals surface area contributed by atoms with Crippen molar-refractivity contribution in [1.29, 1.82) is 0 Å². The zero-order valence-electron chi connectivity index (χ0n) is 12.3. The molecule has 0 aliphatic carbocycles. The topological polar surface area (TPSA) is 69.6 Å². The molecule has 0 saturated carbocycles. The Morgan fingerprint density at radius 1 is 1.14 bits per heavy atom. The van der Waals surface area contributed by atoms with Gasteiger partial charge >= 0.3 is 0 Å². The number of pyridine rings is 1. The molecule has 5 heteroatoms. The van der Waals surface area contributed by atoms with Crippen LogP contribution in [0.3, 0.4) is 0 Å². The molecule has 0 aliphatic rings. The summed E-state index contributed by atoms with van der Waals surface area (Å²) in [5.41, 5.74) is 8.48. The van der Waals surface area contributed by atoms with Crippen LogP contribution in [0.15, 0.2) is 42.9 Å². The quantitative estimate of drug-likeness (QED) is 0.798. The smallest absolute Gasteiger partial charge is 0.138 e. The van der Waals surface area contributed by atoms with Crippen LogP contribution < -0.4 is 5.73 Å². The first kappa shape index (κ1) is 13.7. The summed E-state index contributed by atoms with van der Waals surface area (Å²) in [5, 5.41) is 5.36. The van der Waals surface area contributed by atoms with E-state index in [1.807, 2.05) is 22.9 Å². The van der Waals surface area contributed by atoms with Crippen LogP contribution in [0, 0.1) is 0 Å². The van der Waals surface area contributed by atoms with Crippen molar-refractivity contribution in [3.63, 3.8) is 0 Å². The highest BCUT2D eigenvalue weighted by molar-refractivity contribution is 5.82. The Bertz CT molecular complexity index is 742. The van der Waals surface area contributed by atoms with Crippen molar-refractivity contribution in [2.45, 2.75) is 32.4 Å². The standard InChI is InChI=1S/C16H19N5/c1-11(2)21-16(19-10-20-21)9-14(17)12-5-3-7-15-13(12)6-4-8-18-15/h3-8,10-11,14H,9,17H2,1-2H3. The van der Waals surface area contributed by atoms with Crippen molar-refractivity contribution in [2.24, 2.45) is 5.73 Å². The first-order chi connectivity index (χ1) is 10.2. The van der Waals surface area contributed by atoms with Gasteiger partial charge in [-0.1, -0.05) is 18.2 Å². The van der Waals surface area contributed by atoms with Crippen molar-refractivity contribution >= 4 is 10.9 Å².